The number of nitrogens with two attached hydrogens (primary N) is 1. The third kappa shape index (κ3) is 4.38. The van der Waals surface area contributed by atoms with Crippen molar-refractivity contribution in [2.75, 3.05) is 13.1 Å². The van der Waals surface area contributed by atoms with E-state index in [2.05, 4.69) is 5.32 Å². The van der Waals surface area contributed by atoms with Gasteiger partial charge in [0.2, 0.25) is 11.8 Å². The van der Waals surface area contributed by atoms with Gasteiger partial charge in [0, 0.05) is 25.1 Å². The molecule has 0 aliphatic carbocycles. The first-order valence-corrected chi connectivity index (χ1v) is 10.9. The van der Waals surface area contributed by atoms with Crippen molar-refractivity contribution >= 4 is 17.7 Å². The van der Waals surface area contributed by atoms with E-state index in [1.807, 2.05) is 0 Å². The summed E-state index contributed by atoms with van der Waals surface area (Å²) in [5, 5.41) is 2.26. The molecule has 2 saturated heterocycles. The van der Waals surface area contributed by atoms with Crippen LogP contribution in [0.1, 0.15) is 53.6 Å². The zero-order chi connectivity index (χ0) is 23.0. The fourth-order valence-corrected chi connectivity index (χ4v) is 5.16. The van der Waals surface area contributed by atoms with Gasteiger partial charge in [-0.15, -0.1) is 0 Å². The molecule has 1 unspecified atom stereocenters. The maximum Gasteiger partial charge on any atom is 0.404 e. The molecule has 3 aliphatic rings. The van der Waals surface area contributed by atoms with Crippen molar-refractivity contribution in [2.45, 2.75) is 63.5 Å². The van der Waals surface area contributed by atoms with E-state index in [1.54, 1.807) is 18.2 Å². The number of hydrogen-bond donors (Lipinski definition) is 2. The minimum atomic E-state index is -4.37. The van der Waals surface area contributed by atoms with Crippen LogP contribution in [0.15, 0.2) is 18.2 Å². The van der Waals surface area contributed by atoms with Crippen molar-refractivity contribution in [3.05, 3.63) is 34.9 Å². The number of amides is 3. The van der Waals surface area contributed by atoms with Gasteiger partial charge in [0.25, 0.3) is 5.91 Å². The maximum absolute atomic E-state index is 13.8. The van der Waals surface area contributed by atoms with Crippen molar-refractivity contribution in [1.29, 1.82) is 0 Å². The first-order valence-electron chi connectivity index (χ1n) is 10.9. The fourth-order valence-electron chi connectivity index (χ4n) is 5.16. The number of hydrogen-bond acceptors (Lipinski definition) is 5. The molecule has 1 aromatic carbocycles. The van der Waals surface area contributed by atoms with Gasteiger partial charge in [0.15, 0.2) is 0 Å². The number of alkyl halides is 3. The molecular formula is C22H27F3N4O3. The number of benzene rings is 1. The van der Waals surface area contributed by atoms with Crippen LogP contribution in [0.25, 0.3) is 0 Å². The van der Waals surface area contributed by atoms with Gasteiger partial charge >= 0.3 is 6.18 Å². The predicted molar refractivity (Wildman–Crippen MR) is 109 cm³/mol. The molecule has 0 bridgehead atoms. The first kappa shape index (κ1) is 22.7. The average molecular weight is 452 g/mol. The lowest BCUT2D eigenvalue weighted by atomic mass is 9.87. The topological polar surface area (TPSA) is 95.7 Å². The molecule has 1 aromatic rings. The Kier molecular flexibility index (Phi) is 6.26. The molecule has 0 aromatic heterocycles. The van der Waals surface area contributed by atoms with E-state index in [9.17, 15) is 27.6 Å². The normalized spacial score (nSPS) is 26.9. The standard InChI is InChI=1S/C22H27F3N4O3/c23-22(24,25)17-10-13(6-8-26)7-9-28(17)11-14-2-1-3-15-12-29(21(32)19(14)15)16-4-5-18(30)27-20(16)31/h1-3,13,16-17H,4-12,26H2,(H,27,30,31)/t13-,16?,17+/m1/s1. The summed E-state index contributed by atoms with van der Waals surface area (Å²) < 4.78 is 41.5. The summed E-state index contributed by atoms with van der Waals surface area (Å²) in [4.78, 5) is 39.7. The number of carbonyl (C=O) groups is 3. The number of piperidine rings is 2. The van der Waals surface area contributed by atoms with Crippen LogP contribution in [0.5, 0.6) is 0 Å². The SMILES string of the molecule is NCC[C@@H]1CCN(Cc2cccc3c2C(=O)N(C2CCC(=O)NC2=O)C3)[C@H](C(F)(F)F)C1. The van der Waals surface area contributed by atoms with Crippen LogP contribution in [-0.4, -0.2) is 58.9 Å². The average Bonchev–Trinajstić information content (AvgIpc) is 3.06. The molecule has 3 aliphatic heterocycles. The number of fused-ring (bicyclic) bond motifs is 1. The fraction of sp³-hybridized carbons (Fsp3) is 0.591. The van der Waals surface area contributed by atoms with Crippen molar-refractivity contribution in [2.24, 2.45) is 11.7 Å². The Morgan fingerprint density at radius 3 is 2.62 bits per heavy atom. The molecule has 7 nitrogen and oxygen atoms in total. The second-order valence-electron chi connectivity index (χ2n) is 8.85. The molecule has 2 fully saturated rings. The zero-order valence-electron chi connectivity index (χ0n) is 17.7. The Hall–Kier alpha value is -2.46. The Labute approximate surface area is 184 Å². The van der Waals surface area contributed by atoms with Crippen LogP contribution in [0.4, 0.5) is 13.2 Å². The molecule has 0 spiro atoms. The van der Waals surface area contributed by atoms with E-state index in [1.165, 1.54) is 9.80 Å². The van der Waals surface area contributed by atoms with Gasteiger partial charge in [-0.25, -0.2) is 0 Å². The third-order valence-electron chi connectivity index (χ3n) is 6.79. The van der Waals surface area contributed by atoms with E-state index >= 15 is 0 Å². The summed E-state index contributed by atoms with van der Waals surface area (Å²) in [6.45, 7) is 0.864. The molecule has 10 heteroatoms. The van der Waals surface area contributed by atoms with E-state index in [4.69, 9.17) is 5.73 Å². The summed E-state index contributed by atoms with van der Waals surface area (Å²) >= 11 is 0. The highest BCUT2D eigenvalue weighted by Crippen LogP contribution is 2.37. The molecule has 3 amide bonds. The quantitative estimate of drug-likeness (QED) is 0.666. The number of rotatable bonds is 5. The number of halogens is 3. The summed E-state index contributed by atoms with van der Waals surface area (Å²) in [6, 6.07) is 2.85. The lowest BCUT2D eigenvalue weighted by Gasteiger charge is -2.40. The number of carbonyl (C=O) groups excluding carboxylic acids is 3. The molecule has 174 valence electrons. The minimum Gasteiger partial charge on any atom is -0.330 e. The molecule has 32 heavy (non-hydrogen) atoms. The maximum atomic E-state index is 13.8. The highest BCUT2D eigenvalue weighted by Gasteiger charge is 2.47. The molecule has 0 saturated carbocycles. The van der Waals surface area contributed by atoms with Gasteiger partial charge in [-0.2, -0.15) is 13.2 Å². The van der Waals surface area contributed by atoms with Gasteiger partial charge in [0.1, 0.15) is 12.1 Å². The lowest BCUT2D eigenvalue weighted by molar-refractivity contribution is -0.197. The monoisotopic (exact) mass is 452 g/mol. The third-order valence-corrected chi connectivity index (χ3v) is 6.79. The minimum absolute atomic E-state index is 0.00602. The Morgan fingerprint density at radius 2 is 1.94 bits per heavy atom. The number of nitrogens with one attached hydrogen (secondary N) is 1. The summed E-state index contributed by atoms with van der Waals surface area (Å²) in [5.74, 6) is -1.31. The Bertz CT molecular complexity index is 920. The number of nitrogens with zero attached hydrogens (tertiary/aromatic N) is 2. The van der Waals surface area contributed by atoms with Gasteiger partial charge < -0.3 is 10.6 Å². The van der Waals surface area contributed by atoms with Crippen LogP contribution in [0, 0.1) is 5.92 Å². The summed E-state index contributed by atoms with van der Waals surface area (Å²) in [6.07, 6.45) is -2.77. The van der Waals surface area contributed by atoms with Crippen LogP contribution < -0.4 is 11.1 Å². The van der Waals surface area contributed by atoms with Gasteiger partial charge in [0.05, 0.1) is 0 Å². The largest absolute Gasteiger partial charge is 0.404 e. The van der Waals surface area contributed by atoms with E-state index in [0.717, 1.165) is 0 Å². The summed E-state index contributed by atoms with van der Waals surface area (Å²) in [7, 11) is 0. The van der Waals surface area contributed by atoms with Crippen molar-refractivity contribution in [3.8, 4) is 0 Å². The second-order valence-corrected chi connectivity index (χ2v) is 8.85. The van der Waals surface area contributed by atoms with Crippen LogP contribution >= 0.6 is 0 Å². The Morgan fingerprint density at radius 1 is 1.16 bits per heavy atom. The van der Waals surface area contributed by atoms with Crippen molar-refractivity contribution < 1.29 is 27.6 Å². The summed E-state index contributed by atoms with van der Waals surface area (Å²) in [5.41, 5.74) is 7.16. The zero-order valence-corrected chi connectivity index (χ0v) is 17.7. The first-order chi connectivity index (χ1) is 15.2. The van der Waals surface area contributed by atoms with Gasteiger partial charge in [-0.05, 0) is 55.8 Å². The van der Waals surface area contributed by atoms with Gasteiger partial charge in [-0.1, -0.05) is 18.2 Å². The molecule has 3 atom stereocenters. The van der Waals surface area contributed by atoms with Crippen LogP contribution in [0.3, 0.4) is 0 Å². The molecule has 0 radical (unpaired) electrons. The van der Waals surface area contributed by atoms with Crippen LogP contribution in [-0.2, 0) is 22.7 Å². The second kappa shape index (κ2) is 8.82. The van der Waals surface area contributed by atoms with E-state index in [0.29, 0.717) is 36.1 Å². The molecule has 3 heterocycles. The number of imide groups is 1. The van der Waals surface area contributed by atoms with E-state index < -0.39 is 24.2 Å². The van der Waals surface area contributed by atoms with Crippen molar-refractivity contribution in [3.63, 3.8) is 0 Å². The van der Waals surface area contributed by atoms with Crippen molar-refractivity contribution in [1.82, 2.24) is 15.1 Å². The lowest BCUT2D eigenvalue weighted by Crippen LogP contribution is -2.52. The molecule has 3 N–H and O–H groups in total. The molecular weight excluding hydrogens is 425 g/mol. The number of likely N-dealkylation sites (tertiary alicyclic amines) is 1. The van der Waals surface area contributed by atoms with Crippen LogP contribution in [0.2, 0.25) is 0 Å². The highest BCUT2D eigenvalue weighted by atomic mass is 19.4. The molecule has 4 rings (SSSR count). The Balaban J connectivity index is 1.55. The highest BCUT2D eigenvalue weighted by molar-refractivity contribution is 6.05. The van der Waals surface area contributed by atoms with Gasteiger partial charge in [-0.3, -0.25) is 24.6 Å². The predicted octanol–water partition coefficient (Wildman–Crippen LogP) is 1.94. The van der Waals surface area contributed by atoms with E-state index in [-0.39, 0.29) is 56.6 Å². The smallest absolute Gasteiger partial charge is 0.330 e.